The standard InChI is InChI=1S/C12H21N5O7/c1-5(16-11(23)6(13)4-18)10(22)17-7(2-8(14)19)12(24)15-3-9(20)21/h5-7,18H,2-4,13H2,1H3,(H2,14,19)(H,15,24)(H,16,23)(H,17,22)(H,20,21). The molecule has 12 heteroatoms. The van der Waals surface area contributed by atoms with Gasteiger partial charge in [-0.25, -0.2) is 0 Å². The summed E-state index contributed by atoms with van der Waals surface area (Å²) in [7, 11) is 0. The molecule has 24 heavy (non-hydrogen) atoms. The molecular weight excluding hydrogens is 326 g/mol. The molecule has 0 heterocycles. The fraction of sp³-hybridized carbons (Fsp3) is 0.583. The second kappa shape index (κ2) is 10.1. The number of nitrogens with two attached hydrogens (primary N) is 2. The number of nitrogens with one attached hydrogen (secondary N) is 3. The second-order valence-electron chi connectivity index (χ2n) is 4.86. The van der Waals surface area contributed by atoms with Crippen LogP contribution in [0.4, 0.5) is 0 Å². The molecule has 0 saturated heterocycles. The molecule has 0 saturated carbocycles. The molecule has 9 N–H and O–H groups in total. The van der Waals surface area contributed by atoms with Crippen molar-refractivity contribution >= 4 is 29.6 Å². The number of amides is 4. The van der Waals surface area contributed by atoms with Gasteiger partial charge in [-0.3, -0.25) is 24.0 Å². The number of carbonyl (C=O) groups is 5. The molecule has 3 unspecified atom stereocenters. The first-order chi connectivity index (χ1) is 11.1. The van der Waals surface area contributed by atoms with Gasteiger partial charge in [0.25, 0.3) is 0 Å². The van der Waals surface area contributed by atoms with Crippen LogP contribution in [-0.2, 0) is 24.0 Å². The normalized spacial score (nSPS) is 14.0. The first-order valence-corrected chi connectivity index (χ1v) is 6.83. The van der Waals surface area contributed by atoms with Crippen LogP contribution in [0, 0.1) is 0 Å². The Bertz CT molecular complexity index is 510. The minimum absolute atomic E-state index is 0.561. The molecule has 0 aliphatic carbocycles. The maximum atomic E-state index is 11.9. The molecule has 0 aromatic rings. The molecule has 12 nitrogen and oxygen atoms in total. The van der Waals surface area contributed by atoms with Crippen LogP contribution in [0.5, 0.6) is 0 Å². The zero-order valence-electron chi connectivity index (χ0n) is 12.9. The van der Waals surface area contributed by atoms with Gasteiger partial charge in [-0.15, -0.1) is 0 Å². The van der Waals surface area contributed by atoms with Gasteiger partial charge in [0, 0.05) is 0 Å². The molecule has 0 radical (unpaired) electrons. The predicted octanol–water partition coefficient (Wildman–Crippen LogP) is -4.63. The van der Waals surface area contributed by atoms with E-state index in [-0.39, 0.29) is 0 Å². The van der Waals surface area contributed by atoms with E-state index in [0.29, 0.717) is 0 Å². The van der Waals surface area contributed by atoms with Gasteiger partial charge >= 0.3 is 5.97 Å². The fourth-order valence-corrected chi connectivity index (χ4v) is 1.46. The van der Waals surface area contributed by atoms with Gasteiger partial charge in [0.2, 0.25) is 23.6 Å². The number of rotatable bonds is 10. The smallest absolute Gasteiger partial charge is 0.322 e. The van der Waals surface area contributed by atoms with Crippen molar-refractivity contribution in [3.05, 3.63) is 0 Å². The Kier molecular flexibility index (Phi) is 8.97. The Morgan fingerprint density at radius 1 is 1.04 bits per heavy atom. The van der Waals surface area contributed by atoms with Gasteiger partial charge in [-0.2, -0.15) is 0 Å². The van der Waals surface area contributed by atoms with Crippen LogP contribution in [0.3, 0.4) is 0 Å². The summed E-state index contributed by atoms with van der Waals surface area (Å²) in [6, 6.07) is -3.75. The number of hydrogen-bond donors (Lipinski definition) is 7. The highest BCUT2D eigenvalue weighted by atomic mass is 16.4. The summed E-state index contributed by atoms with van der Waals surface area (Å²) < 4.78 is 0. The van der Waals surface area contributed by atoms with E-state index in [4.69, 9.17) is 21.7 Å². The van der Waals surface area contributed by atoms with Crippen molar-refractivity contribution in [1.82, 2.24) is 16.0 Å². The maximum absolute atomic E-state index is 11.9. The first-order valence-electron chi connectivity index (χ1n) is 6.83. The molecule has 4 amide bonds. The monoisotopic (exact) mass is 347 g/mol. The van der Waals surface area contributed by atoms with Crippen molar-refractivity contribution in [3.8, 4) is 0 Å². The van der Waals surface area contributed by atoms with Crippen LogP contribution in [0.1, 0.15) is 13.3 Å². The Balaban J connectivity index is 4.79. The van der Waals surface area contributed by atoms with E-state index in [1.54, 1.807) is 0 Å². The summed E-state index contributed by atoms with van der Waals surface area (Å²) in [5.41, 5.74) is 10.3. The van der Waals surface area contributed by atoms with E-state index >= 15 is 0 Å². The number of aliphatic hydroxyl groups is 1. The molecule has 136 valence electrons. The number of hydrogen-bond acceptors (Lipinski definition) is 7. The highest BCUT2D eigenvalue weighted by Crippen LogP contribution is 1.95. The van der Waals surface area contributed by atoms with Crippen molar-refractivity contribution in [2.45, 2.75) is 31.5 Å². The lowest BCUT2D eigenvalue weighted by Gasteiger charge is -2.20. The SMILES string of the molecule is CC(NC(=O)C(N)CO)C(=O)NC(CC(N)=O)C(=O)NCC(=O)O. The first kappa shape index (κ1) is 21.3. The summed E-state index contributed by atoms with van der Waals surface area (Å²) in [5, 5.41) is 23.6. The highest BCUT2D eigenvalue weighted by molar-refractivity contribution is 5.95. The quantitative estimate of drug-likeness (QED) is 0.203. The molecule has 0 fully saturated rings. The average Bonchev–Trinajstić information content (AvgIpc) is 2.50. The average molecular weight is 347 g/mol. The van der Waals surface area contributed by atoms with Crippen LogP contribution in [-0.4, -0.2) is 71.1 Å². The summed E-state index contributed by atoms with van der Waals surface area (Å²) in [4.78, 5) is 56.6. The Labute approximate surface area is 136 Å². The van der Waals surface area contributed by atoms with Crippen LogP contribution in [0.15, 0.2) is 0 Å². The zero-order valence-corrected chi connectivity index (χ0v) is 12.9. The van der Waals surface area contributed by atoms with E-state index in [1.807, 2.05) is 5.32 Å². The minimum atomic E-state index is -1.40. The lowest BCUT2D eigenvalue weighted by molar-refractivity contribution is -0.138. The van der Waals surface area contributed by atoms with Crippen LogP contribution >= 0.6 is 0 Å². The predicted molar refractivity (Wildman–Crippen MR) is 79.1 cm³/mol. The largest absolute Gasteiger partial charge is 0.480 e. The highest BCUT2D eigenvalue weighted by Gasteiger charge is 2.26. The van der Waals surface area contributed by atoms with Gasteiger partial charge in [-0.1, -0.05) is 0 Å². The van der Waals surface area contributed by atoms with Crippen LogP contribution in [0.25, 0.3) is 0 Å². The lowest BCUT2D eigenvalue weighted by Crippen LogP contribution is -2.56. The summed E-state index contributed by atoms with van der Waals surface area (Å²) in [6.45, 7) is -0.0442. The molecule has 0 bridgehead atoms. The number of carboxylic acids is 1. The fourth-order valence-electron chi connectivity index (χ4n) is 1.46. The van der Waals surface area contributed by atoms with E-state index in [0.717, 1.165) is 0 Å². The third-order valence-corrected chi connectivity index (χ3v) is 2.74. The maximum Gasteiger partial charge on any atom is 0.322 e. The molecule has 3 atom stereocenters. The van der Waals surface area contributed by atoms with E-state index in [1.165, 1.54) is 6.92 Å². The van der Waals surface area contributed by atoms with Crippen molar-refractivity contribution in [3.63, 3.8) is 0 Å². The minimum Gasteiger partial charge on any atom is -0.480 e. The van der Waals surface area contributed by atoms with Gasteiger partial charge in [0.1, 0.15) is 24.7 Å². The van der Waals surface area contributed by atoms with Gasteiger partial charge in [0.15, 0.2) is 0 Å². The Morgan fingerprint density at radius 3 is 2.08 bits per heavy atom. The summed E-state index contributed by atoms with van der Waals surface area (Å²) >= 11 is 0. The van der Waals surface area contributed by atoms with Crippen LogP contribution in [0.2, 0.25) is 0 Å². The molecule has 0 rings (SSSR count). The topological polar surface area (TPSA) is 214 Å². The lowest BCUT2D eigenvalue weighted by atomic mass is 10.1. The van der Waals surface area contributed by atoms with Gasteiger partial charge in [-0.05, 0) is 6.92 Å². The molecule has 0 aromatic heterocycles. The molecule has 0 spiro atoms. The van der Waals surface area contributed by atoms with E-state index in [9.17, 15) is 24.0 Å². The Morgan fingerprint density at radius 2 is 1.62 bits per heavy atom. The van der Waals surface area contributed by atoms with Gasteiger partial charge < -0.3 is 37.6 Å². The van der Waals surface area contributed by atoms with E-state index < -0.39 is 67.3 Å². The van der Waals surface area contributed by atoms with Crippen molar-refractivity contribution in [2.24, 2.45) is 11.5 Å². The number of carboxylic acid groups (broad SMARTS) is 1. The van der Waals surface area contributed by atoms with Crippen LogP contribution < -0.4 is 27.4 Å². The number of aliphatic hydroxyl groups excluding tert-OH is 1. The van der Waals surface area contributed by atoms with Crippen molar-refractivity contribution in [1.29, 1.82) is 0 Å². The Hall–Kier alpha value is -2.73. The number of aliphatic carboxylic acids is 1. The van der Waals surface area contributed by atoms with Gasteiger partial charge in [0.05, 0.1) is 13.0 Å². The third kappa shape index (κ3) is 8.05. The molecular formula is C12H21N5O7. The van der Waals surface area contributed by atoms with Crippen molar-refractivity contribution < 1.29 is 34.2 Å². The zero-order chi connectivity index (χ0) is 18.9. The molecule has 0 aliphatic rings. The number of carbonyl (C=O) groups excluding carboxylic acids is 4. The second-order valence-corrected chi connectivity index (χ2v) is 4.86. The third-order valence-electron chi connectivity index (χ3n) is 2.74. The summed E-state index contributed by atoms with van der Waals surface area (Å²) in [5.74, 6) is -4.75. The van der Waals surface area contributed by atoms with E-state index in [2.05, 4.69) is 10.6 Å². The van der Waals surface area contributed by atoms with Crippen molar-refractivity contribution in [2.75, 3.05) is 13.2 Å². The molecule has 0 aliphatic heterocycles. The summed E-state index contributed by atoms with van der Waals surface area (Å²) in [6.07, 6.45) is -0.561. The molecule has 0 aromatic carbocycles. The number of primary amides is 1.